The molecule has 2 amide bonds. The van der Waals surface area contributed by atoms with Crippen molar-refractivity contribution in [2.45, 2.75) is 32.1 Å². The molecule has 1 aliphatic heterocycles. The molecule has 1 atom stereocenters. The van der Waals surface area contributed by atoms with Crippen LogP contribution in [-0.2, 0) is 19.6 Å². The molecule has 1 aliphatic rings. The van der Waals surface area contributed by atoms with Crippen LogP contribution in [0.2, 0.25) is 0 Å². The van der Waals surface area contributed by atoms with Crippen LogP contribution in [0.5, 0.6) is 0 Å². The Kier molecular flexibility index (Phi) is 6.34. The van der Waals surface area contributed by atoms with E-state index >= 15 is 0 Å². The summed E-state index contributed by atoms with van der Waals surface area (Å²) in [5.41, 5.74) is 3.97. The van der Waals surface area contributed by atoms with E-state index in [1.165, 1.54) is 30.5 Å². The SMILES string of the molecule is Cc1ccc(N2CC(C(=O)Nc3ccc(S(=O)(=O)Nc4nccc(C)n4)cc3)CC2=O)c(C)c1. The van der Waals surface area contributed by atoms with E-state index in [4.69, 9.17) is 0 Å². The first-order valence-electron chi connectivity index (χ1n) is 10.7. The van der Waals surface area contributed by atoms with E-state index in [2.05, 4.69) is 20.0 Å². The predicted octanol–water partition coefficient (Wildman–Crippen LogP) is 3.19. The molecule has 1 aromatic heterocycles. The zero-order valence-corrected chi connectivity index (χ0v) is 19.9. The summed E-state index contributed by atoms with van der Waals surface area (Å²) in [5, 5.41) is 2.78. The van der Waals surface area contributed by atoms with Crippen molar-refractivity contribution >= 4 is 39.2 Å². The monoisotopic (exact) mass is 479 g/mol. The fourth-order valence-corrected chi connectivity index (χ4v) is 4.81. The van der Waals surface area contributed by atoms with Crippen LogP contribution in [0.25, 0.3) is 0 Å². The first-order chi connectivity index (χ1) is 16.1. The second kappa shape index (κ2) is 9.22. The number of aromatic nitrogens is 2. The third-order valence-electron chi connectivity index (χ3n) is 5.59. The van der Waals surface area contributed by atoms with Gasteiger partial charge in [0, 0.05) is 36.2 Å². The molecule has 2 N–H and O–H groups in total. The number of amides is 2. The number of benzene rings is 2. The highest BCUT2D eigenvalue weighted by molar-refractivity contribution is 7.92. The summed E-state index contributed by atoms with van der Waals surface area (Å²) in [5.74, 6) is -0.908. The van der Waals surface area contributed by atoms with Crippen LogP contribution in [0.1, 0.15) is 23.2 Å². The molecule has 1 fully saturated rings. The molecular weight excluding hydrogens is 454 g/mol. The Morgan fingerprint density at radius 1 is 1.06 bits per heavy atom. The lowest BCUT2D eigenvalue weighted by Crippen LogP contribution is -2.28. The fourth-order valence-electron chi connectivity index (χ4n) is 3.86. The Labute approximate surface area is 198 Å². The normalized spacial score (nSPS) is 15.9. The molecule has 4 rings (SSSR count). The van der Waals surface area contributed by atoms with Gasteiger partial charge in [0.05, 0.1) is 10.8 Å². The molecule has 10 heteroatoms. The lowest BCUT2D eigenvalue weighted by atomic mass is 10.1. The van der Waals surface area contributed by atoms with Gasteiger partial charge in [-0.1, -0.05) is 17.7 Å². The Morgan fingerprint density at radius 2 is 1.79 bits per heavy atom. The van der Waals surface area contributed by atoms with E-state index in [1.54, 1.807) is 17.9 Å². The predicted molar refractivity (Wildman–Crippen MR) is 129 cm³/mol. The van der Waals surface area contributed by atoms with Crippen molar-refractivity contribution in [2.24, 2.45) is 5.92 Å². The number of rotatable bonds is 6. The quantitative estimate of drug-likeness (QED) is 0.560. The smallest absolute Gasteiger partial charge is 0.264 e. The number of carbonyl (C=O) groups excluding carboxylic acids is 2. The van der Waals surface area contributed by atoms with Gasteiger partial charge in [0.1, 0.15) is 0 Å². The molecule has 0 aliphatic carbocycles. The average molecular weight is 480 g/mol. The summed E-state index contributed by atoms with van der Waals surface area (Å²) in [6.45, 7) is 5.96. The highest BCUT2D eigenvalue weighted by Gasteiger charge is 2.35. The molecule has 9 nitrogen and oxygen atoms in total. The van der Waals surface area contributed by atoms with Gasteiger partial charge in [-0.05, 0) is 62.7 Å². The molecule has 1 unspecified atom stereocenters. The van der Waals surface area contributed by atoms with Gasteiger partial charge < -0.3 is 10.2 Å². The van der Waals surface area contributed by atoms with E-state index in [0.29, 0.717) is 17.9 Å². The molecule has 34 heavy (non-hydrogen) atoms. The van der Waals surface area contributed by atoms with Crippen LogP contribution < -0.4 is 14.9 Å². The van der Waals surface area contributed by atoms with E-state index in [1.807, 2.05) is 32.0 Å². The number of carbonyl (C=O) groups is 2. The Bertz CT molecular complexity index is 1360. The largest absolute Gasteiger partial charge is 0.326 e. The van der Waals surface area contributed by atoms with Crippen molar-refractivity contribution in [3.63, 3.8) is 0 Å². The van der Waals surface area contributed by atoms with E-state index in [-0.39, 0.29) is 29.1 Å². The van der Waals surface area contributed by atoms with Gasteiger partial charge in [0.25, 0.3) is 10.0 Å². The molecule has 2 heterocycles. The van der Waals surface area contributed by atoms with Crippen LogP contribution in [-0.4, -0.2) is 36.7 Å². The summed E-state index contributed by atoms with van der Waals surface area (Å²) in [7, 11) is -3.88. The van der Waals surface area contributed by atoms with Gasteiger partial charge in [-0.3, -0.25) is 9.59 Å². The molecule has 176 valence electrons. The summed E-state index contributed by atoms with van der Waals surface area (Å²) in [6, 6.07) is 13.3. The number of nitrogens with zero attached hydrogens (tertiary/aromatic N) is 3. The Balaban J connectivity index is 1.41. The highest BCUT2D eigenvalue weighted by atomic mass is 32.2. The van der Waals surface area contributed by atoms with Gasteiger partial charge >= 0.3 is 0 Å². The molecule has 3 aromatic rings. The molecule has 2 aromatic carbocycles. The lowest BCUT2D eigenvalue weighted by Gasteiger charge is -2.19. The van der Waals surface area contributed by atoms with Crippen LogP contribution in [0.15, 0.2) is 59.6 Å². The first-order valence-corrected chi connectivity index (χ1v) is 12.2. The molecule has 0 radical (unpaired) electrons. The number of sulfonamides is 1. The molecule has 0 bridgehead atoms. The second-order valence-electron chi connectivity index (χ2n) is 8.34. The second-order valence-corrected chi connectivity index (χ2v) is 10.0. The fraction of sp³-hybridized carbons (Fsp3) is 0.250. The van der Waals surface area contributed by atoms with Crippen LogP contribution in [0.3, 0.4) is 0 Å². The minimum Gasteiger partial charge on any atom is -0.326 e. The van der Waals surface area contributed by atoms with E-state index in [0.717, 1.165) is 16.8 Å². The summed E-state index contributed by atoms with van der Waals surface area (Å²) in [6.07, 6.45) is 1.58. The first kappa shape index (κ1) is 23.4. The molecule has 0 saturated carbocycles. The number of aryl methyl sites for hydroxylation is 3. The van der Waals surface area contributed by atoms with Crippen LogP contribution in [0.4, 0.5) is 17.3 Å². The number of hydrogen-bond acceptors (Lipinski definition) is 6. The number of hydrogen-bond donors (Lipinski definition) is 2. The topological polar surface area (TPSA) is 121 Å². The van der Waals surface area contributed by atoms with Crippen molar-refractivity contribution in [3.8, 4) is 0 Å². The minimum atomic E-state index is -3.88. The standard InChI is InChI=1S/C24H25N5O4S/c1-15-4-9-21(16(2)12-15)29-14-18(13-22(29)30)23(31)27-19-5-7-20(8-6-19)34(32,33)28-24-25-11-10-17(3)26-24/h4-12,18H,13-14H2,1-3H3,(H,27,31)(H,25,26,28). The average Bonchev–Trinajstić information content (AvgIpc) is 3.15. The summed E-state index contributed by atoms with van der Waals surface area (Å²) >= 11 is 0. The minimum absolute atomic E-state index is 0.00710. The van der Waals surface area contributed by atoms with Gasteiger partial charge in [-0.25, -0.2) is 23.1 Å². The maximum atomic E-state index is 12.8. The van der Waals surface area contributed by atoms with Gasteiger partial charge in [0.15, 0.2) is 0 Å². The molecular formula is C24H25N5O4S. The van der Waals surface area contributed by atoms with E-state index < -0.39 is 15.9 Å². The highest BCUT2D eigenvalue weighted by Crippen LogP contribution is 2.29. The Hall–Kier alpha value is -3.79. The number of anilines is 3. The third-order valence-corrected chi connectivity index (χ3v) is 6.94. The summed E-state index contributed by atoms with van der Waals surface area (Å²) < 4.78 is 27.5. The zero-order valence-electron chi connectivity index (χ0n) is 19.1. The van der Waals surface area contributed by atoms with Crippen molar-refractivity contribution < 1.29 is 18.0 Å². The van der Waals surface area contributed by atoms with E-state index in [9.17, 15) is 18.0 Å². The third kappa shape index (κ3) is 5.07. The zero-order chi connectivity index (χ0) is 24.5. The Morgan fingerprint density at radius 3 is 2.47 bits per heavy atom. The summed E-state index contributed by atoms with van der Waals surface area (Å²) in [4.78, 5) is 35.0. The lowest BCUT2D eigenvalue weighted by molar-refractivity contribution is -0.122. The van der Waals surface area contributed by atoms with Gasteiger partial charge in [-0.15, -0.1) is 0 Å². The van der Waals surface area contributed by atoms with Gasteiger partial charge in [-0.2, -0.15) is 0 Å². The maximum Gasteiger partial charge on any atom is 0.264 e. The van der Waals surface area contributed by atoms with Crippen molar-refractivity contribution in [1.29, 1.82) is 0 Å². The van der Waals surface area contributed by atoms with Gasteiger partial charge in [0.2, 0.25) is 17.8 Å². The van der Waals surface area contributed by atoms with Crippen LogP contribution >= 0.6 is 0 Å². The number of nitrogens with one attached hydrogen (secondary N) is 2. The van der Waals surface area contributed by atoms with Crippen molar-refractivity contribution in [1.82, 2.24) is 9.97 Å². The maximum absolute atomic E-state index is 12.8. The van der Waals surface area contributed by atoms with Crippen molar-refractivity contribution in [3.05, 3.63) is 71.5 Å². The molecule has 1 saturated heterocycles. The van der Waals surface area contributed by atoms with Crippen LogP contribution in [0, 0.1) is 26.7 Å². The van der Waals surface area contributed by atoms with Crippen molar-refractivity contribution in [2.75, 3.05) is 21.5 Å². The molecule has 0 spiro atoms.